The Labute approximate surface area is 269 Å². The minimum Gasteiger partial charge on any atom is -0.465 e. The van der Waals surface area contributed by atoms with Crippen molar-refractivity contribution >= 4 is 11.8 Å². The SMILES string of the molecule is CCCC(=O)C(C)C1OC(O)(C(C)C(=O)OCC(CO)C2CCC3(C)CC4C(CO)CC(O)C4C(C)(O)CC=C23)C(C)CC1C. The van der Waals surface area contributed by atoms with Gasteiger partial charge in [0.25, 0.3) is 0 Å². The van der Waals surface area contributed by atoms with E-state index in [0.29, 0.717) is 25.7 Å². The van der Waals surface area contributed by atoms with Crippen molar-refractivity contribution in [2.75, 3.05) is 19.8 Å². The second kappa shape index (κ2) is 14.0. The molecule has 3 aliphatic carbocycles. The Morgan fingerprint density at radius 1 is 1.13 bits per heavy atom. The molecule has 9 nitrogen and oxygen atoms in total. The monoisotopic (exact) mass is 636 g/mol. The summed E-state index contributed by atoms with van der Waals surface area (Å²) in [5.74, 6) is -4.84. The topological polar surface area (TPSA) is 154 Å². The van der Waals surface area contributed by atoms with Crippen molar-refractivity contribution in [3.8, 4) is 0 Å². The van der Waals surface area contributed by atoms with Crippen molar-refractivity contribution in [1.29, 1.82) is 0 Å². The van der Waals surface area contributed by atoms with Crippen LogP contribution in [0.3, 0.4) is 0 Å². The van der Waals surface area contributed by atoms with Gasteiger partial charge in [-0.3, -0.25) is 9.59 Å². The molecule has 2 saturated carbocycles. The number of ether oxygens (including phenoxy) is 2. The second-order valence-corrected chi connectivity index (χ2v) is 15.8. The summed E-state index contributed by atoms with van der Waals surface area (Å²) in [6.45, 7) is 13.0. The first-order valence-corrected chi connectivity index (χ1v) is 17.5. The maximum atomic E-state index is 13.5. The molecular formula is C36H60O9. The lowest BCUT2D eigenvalue weighted by molar-refractivity contribution is -0.318. The largest absolute Gasteiger partial charge is 0.465 e. The third-order valence-corrected chi connectivity index (χ3v) is 12.5. The van der Waals surface area contributed by atoms with E-state index >= 15 is 0 Å². The fourth-order valence-electron chi connectivity index (χ4n) is 9.76. The Morgan fingerprint density at radius 2 is 1.82 bits per heavy atom. The van der Waals surface area contributed by atoms with Crippen molar-refractivity contribution in [2.24, 2.45) is 58.7 Å². The predicted molar refractivity (Wildman–Crippen MR) is 169 cm³/mol. The Morgan fingerprint density at radius 3 is 2.44 bits per heavy atom. The van der Waals surface area contributed by atoms with E-state index in [0.717, 1.165) is 31.3 Å². The average Bonchev–Trinajstić information content (AvgIpc) is 3.47. The first-order valence-electron chi connectivity index (χ1n) is 17.5. The Hall–Kier alpha value is -1.36. The molecule has 0 radical (unpaired) electrons. The van der Waals surface area contributed by atoms with Gasteiger partial charge in [-0.15, -0.1) is 0 Å². The van der Waals surface area contributed by atoms with Gasteiger partial charge < -0.3 is 35.0 Å². The molecule has 0 spiro atoms. The van der Waals surface area contributed by atoms with Gasteiger partial charge in [-0.2, -0.15) is 0 Å². The van der Waals surface area contributed by atoms with Crippen LogP contribution in [0.25, 0.3) is 0 Å². The van der Waals surface area contributed by atoms with Crippen LogP contribution < -0.4 is 0 Å². The first kappa shape index (κ1) is 36.5. The zero-order chi connectivity index (χ0) is 33.5. The molecule has 0 aromatic rings. The highest BCUT2D eigenvalue weighted by Crippen LogP contribution is 2.59. The molecule has 0 bridgehead atoms. The average molecular weight is 637 g/mol. The van der Waals surface area contributed by atoms with E-state index < -0.39 is 41.4 Å². The number of hydrogen-bond acceptors (Lipinski definition) is 9. The van der Waals surface area contributed by atoms with Gasteiger partial charge in [-0.1, -0.05) is 46.3 Å². The highest BCUT2D eigenvalue weighted by molar-refractivity contribution is 5.81. The Bertz CT molecular complexity index is 1090. The smallest absolute Gasteiger partial charge is 0.314 e. The minimum absolute atomic E-state index is 0.0200. The van der Waals surface area contributed by atoms with E-state index in [1.54, 1.807) is 13.8 Å². The van der Waals surface area contributed by atoms with Crippen molar-refractivity contribution in [3.05, 3.63) is 11.6 Å². The lowest BCUT2D eigenvalue weighted by Crippen LogP contribution is -2.58. The summed E-state index contributed by atoms with van der Waals surface area (Å²) in [5.41, 5.74) is -0.204. The predicted octanol–water partition coefficient (Wildman–Crippen LogP) is 4.02. The normalized spacial score (nSPS) is 43.7. The molecule has 0 amide bonds. The maximum absolute atomic E-state index is 13.5. The molecule has 1 aliphatic heterocycles. The summed E-state index contributed by atoms with van der Waals surface area (Å²) in [4.78, 5) is 26.2. The molecule has 14 unspecified atom stereocenters. The van der Waals surface area contributed by atoms with E-state index in [9.17, 15) is 35.1 Å². The van der Waals surface area contributed by atoms with Crippen LogP contribution in [0.15, 0.2) is 11.6 Å². The summed E-state index contributed by atoms with van der Waals surface area (Å²) in [5, 5.41) is 54.7. The number of aliphatic hydroxyl groups excluding tert-OH is 3. The van der Waals surface area contributed by atoms with Gasteiger partial charge in [-0.05, 0) is 87.9 Å². The van der Waals surface area contributed by atoms with Crippen molar-refractivity contribution < 1.29 is 44.6 Å². The zero-order valence-electron chi connectivity index (χ0n) is 28.6. The van der Waals surface area contributed by atoms with Crippen LogP contribution in [-0.2, 0) is 19.1 Å². The maximum Gasteiger partial charge on any atom is 0.314 e. The van der Waals surface area contributed by atoms with Crippen LogP contribution in [0.1, 0.15) is 99.8 Å². The number of rotatable bonds is 11. The van der Waals surface area contributed by atoms with Crippen molar-refractivity contribution in [1.82, 2.24) is 0 Å². The van der Waals surface area contributed by atoms with Gasteiger partial charge >= 0.3 is 5.97 Å². The Kier molecular flexibility index (Phi) is 11.4. The van der Waals surface area contributed by atoms with E-state index in [4.69, 9.17) is 9.47 Å². The number of fused-ring (bicyclic) bond motifs is 2. The third-order valence-electron chi connectivity index (χ3n) is 12.5. The van der Waals surface area contributed by atoms with Gasteiger partial charge in [0.1, 0.15) is 11.7 Å². The summed E-state index contributed by atoms with van der Waals surface area (Å²) >= 11 is 0. The molecule has 1 saturated heterocycles. The van der Waals surface area contributed by atoms with Crippen molar-refractivity contribution in [3.63, 3.8) is 0 Å². The Balaban J connectivity index is 1.47. The fourth-order valence-corrected chi connectivity index (χ4v) is 9.76. The number of esters is 1. The molecule has 0 aromatic carbocycles. The molecule has 4 aliphatic rings. The summed E-state index contributed by atoms with van der Waals surface area (Å²) in [7, 11) is 0. The highest BCUT2D eigenvalue weighted by atomic mass is 16.6. The van der Waals surface area contributed by atoms with Crippen LogP contribution in [0, 0.1) is 58.7 Å². The number of ketones is 1. The third kappa shape index (κ3) is 6.95. The van der Waals surface area contributed by atoms with E-state index in [1.807, 2.05) is 27.7 Å². The molecule has 9 heteroatoms. The quantitative estimate of drug-likeness (QED) is 0.167. The highest BCUT2D eigenvalue weighted by Gasteiger charge is 2.56. The number of carbonyl (C=O) groups is 2. The van der Waals surface area contributed by atoms with Gasteiger partial charge in [0.05, 0.1) is 24.4 Å². The summed E-state index contributed by atoms with van der Waals surface area (Å²) in [6, 6.07) is 0. The molecule has 4 rings (SSSR count). The van der Waals surface area contributed by atoms with Crippen LogP contribution >= 0.6 is 0 Å². The molecule has 258 valence electrons. The number of allylic oxidation sites excluding steroid dienone is 1. The molecule has 45 heavy (non-hydrogen) atoms. The van der Waals surface area contributed by atoms with E-state index in [-0.39, 0.29) is 72.4 Å². The van der Waals surface area contributed by atoms with Gasteiger partial charge in [0.15, 0.2) is 5.79 Å². The minimum atomic E-state index is -1.78. The number of carbonyl (C=O) groups excluding carboxylic acids is 2. The second-order valence-electron chi connectivity index (χ2n) is 15.8. The number of aliphatic hydroxyl groups is 5. The molecule has 0 aromatic heterocycles. The van der Waals surface area contributed by atoms with Crippen LogP contribution in [-0.4, -0.2) is 80.7 Å². The molecule has 5 N–H and O–H groups in total. The first-order chi connectivity index (χ1) is 21.0. The number of Topliss-reactive ketones (excluding diaryl/α,β-unsaturated/α-hetero) is 1. The summed E-state index contributed by atoms with van der Waals surface area (Å²) < 4.78 is 12.1. The van der Waals surface area contributed by atoms with E-state index in [2.05, 4.69) is 13.0 Å². The summed E-state index contributed by atoms with van der Waals surface area (Å²) in [6.07, 6.45) is 5.94. The zero-order valence-corrected chi connectivity index (χ0v) is 28.6. The van der Waals surface area contributed by atoms with Gasteiger partial charge in [0, 0.05) is 43.3 Å². The lowest BCUT2D eigenvalue weighted by atomic mass is 9.64. The van der Waals surface area contributed by atoms with E-state index in [1.165, 1.54) is 0 Å². The van der Waals surface area contributed by atoms with Crippen LogP contribution in [0.2, 0.25) is 0 Å². The van der Waals surface area contributed by atoms with Crippen LogP contribution in [0.4, 0.5) is 0 Å². The van der Waals surface area contributed by atoms with Crippen LogP contribution in [0.5, 0.6) is 0 Å². The van der Waals surface area contributed by atoms with Gasteiger partial charge in [0.2, 0.25) is 0 Å². The molecule has 1 heterocycles. The van der Waals surface area contributed by atoms with Crippen molar-refractivity contribution in [2.45, 2.75) is 123 Å². The molecular weight excluding hydrogens is 576 g/mol. The van der Waals surface area contributed by atoms with Gasteiger partial charge in [-0.25, -0.2) is 0 Å². The molecule has 14 atom stereocenters. The lowest BCUT2D eigenvalue weighted by Gasteiger charge is -2.48. The number of hydrogen-bond donors (Lipinski definition) is 5. The standard InChI is InChI=1S/C36H60O9/c1-8-9-29(39)22(4)32-20(2)14-21(3)36(43,45-32)23(5)33(41)44-19-25(18-38)26-10-12-34(6)16-27-24(17-37)15-30(40)31(27)35(7,42)13-11-28(26)34/h11,20-27,30-32,37-38,40,42-43H,8-10,12-19H2,1-7H3. The fraction of sp³-hybridized carbons (Fsp3) is 0.889. The molecule has 3 fully saturated rings.